The number of nitrogens with one attached hydrogen (secondary N) is 3. The van der Waals surface area contributed by atoms with E-state index in [9.17, 15) is 18.0 Å². The van der Waals surface area contributed by atoms with Gasteiger partial charge in [0.2, 0.25) is 11.9 Å². The van der Waals surface area contributed by atoms with Crippen LogP contribution in [-0.2, 0) is 27.2 Å². The standard InChI is InChI=1S/C32H27F3N6O3/c33-22-8-6-20(7-9-22)29-30(26-12-13-36-32(39-26)38-23-10-11-24(34)25(35)14-23)41-27(40-29)15-28-43-17-21(18-44-28)31(42)37-16-19-4-2-1-3-5-19/h1-14,21,28H,15-18H2,(H,37,42)(H,40,41)(H,36,38,39). The molecule has 5 aromatic rings. The Hall–Kier alpha value is -5.07. The van der Waals surface area contributed by atoms with Crippen molar-refractivity contribution < 1.29 is 27.4 Å². The molecule has 9 nitrogen and oxygen atoms in total. The number of rotatable bonds is 9. The van der Waals surface area contributed by atoms with Crippen LogP contribution in [0.4, 0.5) is 24.8 Å². The molecule has 1 fully saturated rings. The highest BCUT2D eigenvalue weighted by Gasteiger charge is 2.29. The Morgan fingerprint density at radius 3 is 2.43 bits per heavy atom. The quantitative estimate of drug-likeness (QED) is 0.204. The van der Waals surface area contributed by atoms with Crippen LogP contribution < -0.4 is 10.6 Å². The van der Waals surface area contributed by atoms with Gasteiger partial charge in [-0.2, -0.15) is 0 Å². The zero-order chi connectivity index (χ0) is 30.5. The van der Waals surface area contributed by atoms with Crippen LogP contribution in [0.25, 0.3) is 22.6 Å². The molecule has 1 amide bonds. The van der Waals surface area contributed by atoms with Gasteiger partial charge in [-0.05, 0) is 48.0 Å². The molecule has 2 aromatic heterocycles. The number of aromatic nitrogens is 4. The van der Waals surface area contributed by atoms with E-state index in [-0.39, 0.29) is 37.2 Å². The molecule has 0 radical (unpaired) electrons. The number of hydrogen-bond acceptors (Lipinski definition) is 7. The van der Waals surface area contributed by atoms with E-state index in [4.69, 9.17) is 14.5 Å². The monoisotopic (exact) mass is 600 g/mol. The molecular formula is C32H27F3N6O3. The van der Waals surface area contributed by atoms with E-state index in [0.717, 1.165) is 17.7 Å². The van der Waals surface area contributed by atoms with Crippen LogP contribution in [0.2, 0.25) is 0 Å². The molecule has 1 aliphatic rings. The number of nitrogens with zero attached hydrogens (tertiary/aromatic N) is 3. The van der Waals surface area contributed by atoms with Crippen molar-refractivity contribution in [1.29, 1.82) is 0 Å². The topological polar surface area (TPSA) is 114 Å². The molecule has 6 rings (SSSR count). The highest BCUT2D eigenvalue weighted by atomic mass is 19.2. The Bertz CT molecular complexity index is 1740. The normalized spacial score (nSPS) is 16.4. The lowest BCUT2D eigenvalue weighted by atomic mass is 10.1. The number of imidazole rings is 1. The third kappa shape index (κ3) is 6.93. The minimum absolute atomic E-state index is 0.144. The fourth-order valence-corrected chi connectivity index (χ4v) is 4.68. The van der Waals surface area contributed by atoms with Crippen molar-refractivity contribution in [2.24, 2.45) is 5.92 Å². The maximum absolute atomic E-state index is 13.7. The molecule has 224 valence electrons. The fourth-order valence-electron chi connectivity index (χ4n) is 4.68. The molecule has 0 spiro atoms. The number of hydrogen-bond donors (Lipinski definition) is 3. The van der Waals surface area contributed by atoms with Crippen molar-refractivity contribution in [3.63, 3.8) is 0 Å². The van der Waals surface area contributed by atoms with Crippen LogP contribution in [-0.4, -0.2) is 45.3 Å². The van der Waals surface area contributed by atoms with E-state index >= 15 is 0 Å². The first-order chi connectivity index (χ1) is 21.4. The van der Waals surface area contributed by atoms with Crippen molar-refractivity contribution in [3.05, 3.63) is 114 Å². The molecule has 0 bridgehead atoms. The van der Waals surface area contributed by atoms with Gasteiger partial charge in [0.25, 0.3) is 0 Å². The lowest BCUT2D eigenvalue weighted by Gasteiger charge is -2.28. The van der Waals surface area contributed by atoms with Crippen LogP contribution in [0, 0.1) is 23.4 Å². The van der Waals surface area contributed by atoms with Crippen molar-refractivity contribution in [2.75, 3.05) is 18.5 Å². The van der Waals surface area contributed by atoms with Gasteiger partial charge in [-0.25, -0.2) is 28.1 Å². The van der Waals surface area contributed by atoms with Gasteiger partial charge in [-0.15, -0.1) is 0 Å². The lowest BCUT2D eigenvalue weighted by molar-refractivity contribution is -0.201. The van der Waals surface area contributed by atoms with Gasteiger partial charge in [0.1, 0.15) is 11.6 Å². The fraction of sp³-hybridized carbons (Fsp3) is 0.188. The predicted octanol–water partition coefficient (Wildman–Crippen LogP) is 5.54. The molecule has 0 unspecified atom stereocenters. The minimum atomic E-state index is -1.01. The van der Waals surface area contributed by atoms with Crippen molar-refractivity contribution in [1.82, 2.24) is 25.3 Å². The van der Waals surface area contributed by atoms with E-state index in [1.165, 1.54) is 24.4 Å². The summed E-state index contributed by atoms with van der Waals surface area (Å²) in [5, 5.41) is 5.78. The number of H-pyrrole nitrogens is 1. The van der Waals surface area contributed by atoms with E-state index in [0.29, 0.717) is 35.0 Å². The summed E-state index contributed by atoms with van der Waals surface area (Å²) in [6.45, 7) is 0.797. The number of halogens is 3. The number of ether oxygens (including phenoxy) is 2. The molecule has 44 heavy (non-hydrogen) atoms. The van der Waals surface area contributed by atoms with Gasteiger partial charge in [-0.3, -0.25) is 4.79 Å². The Labute approximate surface area is 250 Å². The van der Waals surface area contributed by atoms with Gasteiger partial charge in [0.15, 0.2) is 17.9 Å². The summed E-state index contributed by atoms with van der Waals surface area (Å²) >= 11 is 0. The summed E-state index contributed by atoms with van der Waals surface area (Å²) in [6, 6.07) is 20.5. The van der Waals surface area contributed by atoms with Crippen LogP contribution in [0.1, 0.15) is 11.4 Å². The SMILES string of the molecule is O=C(NCc1ccccc1)C1COC(Cc2nc(-c3ccc(F)cc3)c(-c3ccnc(Nc4ccc(F)c(F)c4)n3)[nH]2)OC1. The maximum Gasteiger partial charge on any atom is 0.228 e. The van der Waals surface area contributed by atoms with Crippen molar-refractivity contribution in [3.8, 4) is 22.6 Å². The van der Waals surface area contributed by atoms with Crippen LogP contribution >= 0.6 is 0 Å². The van der Waals surface area contributed by atoms with Crippen molar-refractivity contribution >= 4 is 17.5 Å². The van der Waals surface area contributed by atoms with E-state index in [1.807, 2.05) is 30.3 Å². The second-order valence-electron chi connectivity index (χ2n) is 10.1. The van der Waals surface area contributed by atoms with Crippen LogP contribution in [0.15, 0.2) is 85.1 Å². The molecule has 0 aliphatic carbocycles. The predicted molar refractivity (Wildman–Crippen MR) is 156 cm³/mol. The zero-order valence-electron chi connectivity index (χ0n) is 23.3. The average Bonchev–Trinajstić information content (AvgIpc) is 3.47. The van der Waals surface area contributed by atoms with E-state index in [1.54, 1.807) is 18.2 Å². The third-order valence-electron chi connectivity index (χ3n) is 6.96. The Kier molecular flexibility index (Phi) is 8.62. The molecule has 1 saturated heterocycles. The number of aromatic amines is 1. The number of benzene rings is 3. The van der Waals surface area contributed by atoms with E-state index in [2.05, 4.69) is 25.6 Å². The maximum atomic E-state index is 13.7. The molecule has 3 N–H and O–H groups in total. The third-order valence-corrected chi connectivity index (χ3v) is 6.96. The largest absolute Gasteiger partial charge is 0.352 e. The Balaban J connectivity index is 1.17. The molecule has 0 saturated carbocycles. The summed E-state index contributed by atoms with van der Waals surface area (Å²) in [4.78, 5) is 29.4. The molecule has 1 aliphatic heterocycles. The number of anilines is 2. The molecule has 0 atom stereocenters. The summed E-state index contributed by atoms with van der Waals surface area (Å²) in [5.74, 6) is -2.30. The highest BCUT2D eigenvalue weighted by molar-refractivity contribution is 5.79. The van der Waals surface area contributed by atoms with Gasteiger partial charge >= 0.3 is 0 Å². The summed E-state index contributed by atoms with van der Waals surface area (Å²) in [6.07, 6.45) is 1.11. The lowest BCUT2D eigenvalue weighted by Crippen LogP contribution is -2.42. The smallest absolute Gasteiger partial charge is 0.228 e. The number of amides is 1. The van der Waals surface area contributed by atoms with Gasteiger partial charge < -0.3 is 25.1 Å². The second-order valence-corrected chi connectivity index (χ2v) is 10.1. The first-order valence-corrected chi connectivity index (χ1v) is 13.9. The number of carbonyl (C=O) groups is 1. The van der Waals surface area contributed by atoms with E-state index < -0.39 is 29.7 Å². The van der Waals surface area contributed by atoms with Gasteiger partial charge in [-0.1, -0.05) is 30.3 Å². The van der Waals surface area contributed by atoms with Crippen LogP contribution in [0.5, 0.6) is 0 Å². The van der Waals surface area contributed by atoms with Gasteiger partial charge in [0, 0.05) is 30.1 Å². The molecule has 3 aromatic carbocycles. The second kappa shape index (κ2) is 13.1. The van der Waals surface area contributed by atoms with Crippen LogP contribution in [0.3, 0.4) is 0 Å². The Morgan fingerprint density at radius 1 is 0.909 bits per heavy atom. The van der Waals surface area contributed by atoms with Gasteiger partial charge in [0.05, 0.1) is 42.6 Å². The summed E-state index contributed by atoms with van der Waals surface area (Å²) in [5.41, 5.74) is 3.38. The summed E-state index contributed by atoms with van der Waals surface area (Å²) in [7, 11) is 0. The number of carbonyl (C=O) groups excluding carboxylic acids is 1. The average molecular weight is 601 g/mol. The molecule has 12 heteroatoms. The first kappa shape index (κ1) is 29.0. The highest BCUT2D eigenvalue weighted by Crippen LogP contribution is 2.31. The molecular weight excluding hydrogens is 573 g/mol. The molecule has 3 heterocycles. The van der Waals surface area contributed by atoms with Crippen molar-refractivity contribution in [2.45, 2.75) is 19.3 Å². The summed E-state index contributed by atoms with van der Waals surface area (Å²) < 4.78 is 52.5. The Morgan fingerprint density at radius 2 is 1.68 bits per heavy atom. The minimum Gasteiger partial charge on any atom is -0.352 e. The first-order valence-electron chi connectivity index (χ1n) is 13.9. The zero-order valence-corrected chi connectivity index (χ0v) is 23.3.